The summed E-state index contributed by atoms with van der Waals surface area (Å²) in [5.41, 5.74) is 5.54. The first kappa shape index (κ1) is 26.4. The number of hydrogen-bond acceptors (Lipinski definition) is 6. The number of carbonyl (C=O) groups excluding carboxylic acids is 2. The summed E-state index contributed by atoms with van der Waals surface area (Å²) in [7, 11) is 1.51. The third-order valence-corrected chi connectivity index (χ3v) is 7.67. The maximum absolute atomic E-state index is 13.0. The van der Waals surface area contributed by atoms with E-state index in [1.54, 1.807) is 6.07 Å². The largest absolute Gasteiger partial charge is 0.372 e. The molecular weight excluding hydrogens is 490 g/mol. The van der Waals surface area contributed by atoms with Crippen molar-refractivity contribution in [1.82, 2.24) is 4.90 Å². The number of amides is 2. The van der Waals surface area contributed by atoms with Crippen molar-refractivity contribution >= 4 is 28.9 Å². The molecule has 1 saturated heterocycles. The molecule has 0 aliphatic carbocycles. The van der Waals surface area contributed by atoms with E-state index in [2.05, 4.69) is 39.5 Å². The molecule has 3 aromatic carbocycles. The van der Waals surface area contributed by atoms with Crippen LogP contribution in [-0.2, 0) is 9.53 Å². The molecule has 5 rings (SSSR count). The van der Waals surface area contributed by atoms with Crippen LogP contribution in [0.25, 0.3) is 0 Å². The maximum atomic E-state index is 13.0. The number of fused-ring (bicyclic) bond motifs is 2. The van der Waals surface area contributed by atoms with Gasteiger partial charge in [-0.15, -0.1) is 0 Å². The van der Waals surface area contributed by atoms with Crippen LogP contribution in [-0.4, -0.2) is 55.6 Å². The Balaban J connectivity index is 1.40. The Morgan fingerprint density at radius 2 is 1.87 bits per heavy atom. The van der Waals surface area contributed by atoms with Gasteiger partial charge in [0.15, 0.2) is 0 Å². The van der Waals surface area contributed by atoms with Crippen molar-refractivity contribution in [2.75, 3.05) is 42.3 Å². The highest BCUT2D eigenvalue weighted by Crippen LogP contribution is 2.39. The monoisotopic (exact) mass is 523 g/mol. The van der Waals surface area contributed by atoms with Gasteiger partial charge in [0.25, 0.3) is 11.8 Å². The first-order valence-corrected chi connectivity index (χ1v) is 13.3. The molecule has 1 fully saturated rings. The van der Waals surface area contributed by atoms with E-state index in [9.17, 15) is 14.9 Å². The van der Waals surface area contributed by atoms with Crippen LogP contribution in [0, 0.1) is 11.3 Å². The van der Waals surface area contributed by atoms with E-state index in [4.69, 9.17) is 4.74 Å². The van der Waals surface area contributed by atoms with Gasteiger partial charge in [-0.3, -0.25) is 14.5 Å². The van der Waals surface area contributed by atoms with E-state index in [-0.39, 0.29) is 23.9 Å². The second kappa shape index (κ2) is 11.3. The van der Waals surface area contributed by atoms with Gasteiger partial charge in [-0.25, -0.2) is 0 Å². The Morgan fingerprint density at radius 1 is 1.13 bits per heavy atom. The van der Waals surface area contributed by atoms with Gasteiger partial charge in [-0.05, 0) is 54.8 Å². The van der Waals surface area contributed by atoms with E-state index in [0.717, 1.165) is 35.6 Å². The van der Waals surface area contributed by atoms with Crippen LogP contribution in [0.5, 0.6) is 0 Å². The number of benzene rings is 3. The summed E-state index contributed by atoms with van der Waals surface area (Å²) in [6, 6.07) is 23.7. The summed E-state index contributed by atoms with van der Waals surface area (Å²) in [6.45, 7) is 6.26. The SMILES string of the molecule is CCC(OC)C(=O)Nc1ccc(N2CCN(C3c4ccccc4NC(=O)c4ccccc43)C[C@H]2C)c(C#N)c1. The summed E-state index contributed by atoms with van der Waals surface area (Å²) < 4.78 is 5.23. The molecule has 8 nitrogen and oxygen atoms in total. The number of nitriles is 1. The molecule has 2 aliphatic heterocycles. The number of rotatable bonds is 6. The van der Waals surface area contributed by atoms with Crippen LogP contribution in [0.15, 0.2) is 66.7 Å². The molecule has 0 bridgehead atoms. The van der Waals surface area contributed by atoms with Gasteiger partial charge < -0.3 is 20.3 Å². The molecular formula is C31H33N5O3. The van der Waals surface area contributed by atoms with E-state index in [1.165, 1.54) is 7.11 Å². The normalized spacial score (nSPS) is 19.6. The molecule has 2 unspecified atom stereocenters. The first-order chi connectivity index (χ1) is 18.9. The smallest absolute Gasteiger partial charge is 0.256 e. The molecule has 8 heteroatoms. The number of piperazine rings is 1. The predicted molar refractivity (Wildman–Crippen MR) is 152 cm³/mol. The number of methoxy groups -OCH3 is 1. The molecule has 2 amide bonds. The van der Waals surface area contributed by atoms with E-state index in [1.807, 2.05) is 61.5 Å². The van der Waals surface area contributed by atoms with Gasteiger partial charge in [-0.2, -0.15) is 5.26 Å². The number of nitrogens with one attached hydrogen (secondary N) is 2. The Kier molecular flexibility index (Phi) is 7.64. The van der Waals surface area contributed by atoms with E-state index < -0.39 is 6.10 Å². The zero-order valence-corrected chi connectivity index (χ0v) is 22.5. The van der Waals surface area contributed by atoms with Gasteiger partial charge >= 0.3 is 0 Å². The molecule has 0 aromatic heterocycles. The fraction of sp³-hybridized carbons (Fsp3) is 0.323. The lowest BCUT2D eigenvalue weighted by molar-refractivity contribution is -0.125. The highest BCUT2D eigenvalue weighted by Gasteiger charge is 2.35. The second-order valence-electron chi connectivity index (χ2n) is 10.0. The summed E-state index contributed by atoms with van der Waals surface area (Å²) in [5, 5.41) is 15.9. The summed E-state index contributed by atoms with van der Waals surface area (Å²) >= 11 is 0. The quantitative estimate of drug-likeness (QED) is 0.482. The van der Waals surface area contributed by atoms with Crippen molar-refractivity contribution in [3.63, 3.8) is 0 Å². The van der Waals surface area contributed by atoms with Crippen molar-refractivity contribution in [2.45, 2.75) is 38.5 Å². The van der Waals surface area contributed by atoms with Crippen molar-refractivity contribution in [3.05, 3.63) is 89.0 Å². The fourth-order valence-electron chi connectivity index (χ4n) is 5.76. The minimum atomic E-state index is -0.534. The van der Waals surface area contributed by atoms with Crippen LogP contribution in [0.3, 0.4) is 0 Å². The number of hydrogen-bond donors (Lipinski definition) is 2. The van der Waals surface area contributed by atoms with Crippen LogP contribution < -0.4 is 15.5 Å². The average Bonchev–Trinajstić information content (AvgIpc) is 3.07. The van der Waals surface area contributed by atoms with Gasteiger partial charge in [0.2, 0.25) is 0 Å². The Labute approximate surface area is 229 Å². The molecule has 0 saturated carbocycles. The van der Waals surface area contributed by atoms with Crippen molar-refractivity contribution < 1.29 is 14.3 Å². The van der Waals surface area contributed by atoms with Crippen molar-refractivity contribution in [2.24, 2.45) is 0 Å². The molecule has 0 spiro atoms. The third kappa shape index (κ3) is 5.11. The summed E-state index contributed by atoms with van der Waals surface area (Å²) in [5.74, 6) is -0.315. The minimum absolute atomic E-state index is 0.0683. The highest BCUT2D eigenvalue weighted by molar-refractivity contribution is 6.07. The second-order valence-corrected chi connectivity index (χ2v) is 10.0. The molecule has 2 N–H and O–H groups in total. The van der Waals surface area contributed by atoms with Gasteiger partial charge in [0.05, 0.1) is 17.3 Å². The lowest BCUT2D eigenvalue weighted by Crippen LogP contribution is -2.53. The first-order valence-electron chi connectivity index (χ1n) is 13.3. The highest BCUT2D eigenvalue weighted by atomic mass is 16.5. The zero-order valence-electron chi connectivity index (χ0n) is 22.5. The fourth-order valence-corrected chi connectivity index (χ4v) is 5.76. The molecule has 2 heterocycles. The third-order valence-electron chi connectivity index (χ3n) is 7.67. The van der Waals surface area contributed by atoms with Crippen molar-refractivity contribution in [1.29, 1.82) is 5.26 Å². The number of anilines is 3. The number of para-hydroxylation sites is 1. The Morgan fingerprint density at radius 3 is 2.59 bits per heavy atom. The molecule has 2 aliphatic rings. The molecule has 39 heavy (non-hydrogen) atoms. The van der Waals surface area contributed by atoms with Crippen molar-refractivity contribution in [3.8, 4) is 6.07 Å². The summed E-state index contributed by atoms with van der Waals surface area (Å²) in [6.07, 6.45) is 0.0288. The van der Waals surface area contributed by atoms with Crippen LogP contribution in [0.2, 0.25) is 0 Å². The zero-order chi connectivity index (χ0) is 27.5. The lowest BCUT2D eigenvalue weighted by Gasteiger charge is -2.45. The van der Waals surface area contributed by atoms with Gasteiger partial charge in [-0.1, -0.05) is 43.3 Å². The molecule has 0 radical (unpaired) electrons. The minimum Gasteiger partial charge on any atom is -0.372 e. The Hall–Kier alpha value is -4.19. The van der Waals surface area contributed by atoms with Gasteiger partial charge in [0.1, 0.15) is 12.2 Å². The van der Waals surface area contributed by atoms with E-state index >= 15 is 0 Å². The predicted octanol–water partition coefficient (Wildman–Crippen LogP) is 4.79. The molecule has 3 aromatic rings. The Bertz CT molecular complexity index is 1430. The van der Waals surface area contributed by atoms with Crippen LogP contribution in [0.1, 0.15) is 53.4 Å². The number of ether oxygens (including phenoxy) is 1. The van der Waals surface area contributed by atoms with E-state index in [0.29, 0.717) is 29.8 Å². The van der Waals surface area contributed by atoms with Crippen LogP contribution >= 0.6 is 0 Å². The number of nitrogens with zero attached hydrogens (tertiary/aromatic N) is 3. The lowest BCUT2D eigenvalue weighted by atomic mass is 9.92. The molecule has 3 atom stereocenters. The maximum Gasteiger partial charge on any atom is 0.256 e. The number of carbonyl (C=O) groups is 2. The molecule has 200 valence electrons. The average molecular weight is 524 g/mol. The van der Waals surface area contributed by atoms with Crippen LogP contribution in [0.4, 0.5) is 17.1 Å². The standard InChI is InChI=1S/C31H33N5O3/c1-4-28(39-3)31(38)33-22-13-14-27(21(17-22)18-32)36-16-15-35(19-20(36)2)29-23-9-5-6-10-24(23)30(37)34-26-12-8-7-11-25(26)29/h5-14,17,20,28-29H,4,15-16,19H2,1-3H3,(H,33,38)(H,34,37)/t20-,28?,29?/m1/s1. The topological polar surface area (TPSA) is 97.7 Å². The summed E-state index contributed by atoms with van der Waals surface area (Å²) in [4.78, 5) is 30.2. The van der Waals surface area contributed by atoms with Gasteiger partial charge in [0, 0.05) is 49.7 Å².